The molecule has 1 heterocycles. The lowest BCUT2D eigenvalue weighted by molar-refractivity contribution is -0.150. The summed E-state index contributed by atoms with van der Waals surface area (Å²) in [6.07, 6.45) is 3.11. The first-order valence-corrected chi connectivity index (χ1v) is 6.05. The molecule has 2 atom stereocenters. The number of carbonyl (C=O) groups is 1. The molecule has 1 fully saturated rings. The molecule has 0 spiro atoms. The van der Waals surface area contributed by atoms with Crippen LogP contribution < -0.4 is 0 Å². The Morgan fingerprint density at radius 2 is 2.15 bits per heavy atom. The number of hydrogen-bond acceptors (Lipinski definition) is 2. The Morgan fingerprint density at radius 3 is 2.46 bits per heavy atom. The molecule has 1 rings (SSSR count). The van der Waals surface area contributed by atoms with E-state index in [1.807, 2.05) is 18.1 Å². The Labute approximate surface area is 85.1 Å². The molecule has 2 unspecified atom stereocenters. The van der Waals surface area contributed by atoms with E-state index >= 15 is 0 Å². The summed E-state index contributed by atoms with van der Waals surface area (Å²) in [5.41, 5.74) is 0.0838. The molecule has 13 heavy (non-hydrogen) atoms. The second-order valence-electron chi connectivity index (χ2n) is 4.45. The Bertz CT molecular complexity index is 215. The van der Waals surface area contributed by atoms with E-state index < -0.39 is 0 Å². The number of carbonyl (C=O) groups excluding carboxylic acids is 1. The number of hydrogen-bond donors (Lipinski definition) is 0. The van der Waals surface area contributed by atoms with Crippen molar-refractivity contribution in [2.75, 3.05) is 6.26 Å². The zero-order chi connectivity index (χ0) is 10.2. The molecule has 0 N–H and O–H groups in total. The summed E-state index contributed by atoms with van der Waals surface area (Å²) in [4.78, 5) is 13.9. The van der Waals surface area contributed by atoms with Crippen molar-refractivity contribution < 1.29 is 4.79 Å². The van der Waals surface area contributed by atoms with Crippen molar-refractivity contribution in [3.63, 3.8) is 0 Å². The molecule has 0 saturated carbocycles. The predicted molar refractivity (Wildman–Crippen MR) is 58.0 cm³/mol. The monoisotopic (exact) mass is 201 g/mol. The second-order valence-corrected chi connectivity index (χ2v) is 5.63. The van der Waals surface area contributed by atoms with Crippen LogP contribution in [0.3, 0.4) is 0 Å². The zero-order valence-corrected chi connectivity index (χ0v) is 9.94. The van der Waals surface area contributed by atoms with Crippen molar-refractivity contribution in [2.45, 2.75) is 50.9 Å². The third-order valence-corrected chi connectivity index (χ3v) is 3.74. The molecule has 0 aromatic carbocycles. The maximum absolute atomic E-state index is 11.9. The van der Waals surface area contributed by atoms with E-state index in [2.05, 4.69) is 20.8 Å². The molecule has 0 bridgehead atoms. The first-order chi connectivity index (χ1) is 5.90. The van der Waals surface area contributed by atoms with E-state index in [0.717, 1.165) is 6.42 Å². The smallest absolute Gasteiger partial charge is 0.236 e. The van der Waals surface area contributed by atoms with Gasteiger partial charge in [0.1, 0.15) is 0 Å². The van der Waals surface area contributed by atoms with Crippen molar-refractivity contribution in [3.8, 4) is 0 Å². The Balaban J connectivity index is 2.66. The first-order valence-electron chi connectivity index (χ1n) is 4.76. The van der Waals surface area contributed by atoms with Crippen molar-refractivity contribution in [3.05, 3.63) is 0 Å². The van der Waals surface area contributed by atoms with Gasteiger partial charge >= 0.3 is 0 Å². The standard InChI is InChI=1S/C10H19NOS/c1-7-6-10(3,4)11(7)9(12)8(2)13-5/h7-8H,6H2,1-5H3. The minimum absolute atomic E-state index is 0.0838. The van der Waals surface area contributed by atoms with E-state index in [0.29, 0.717) is 6.04 Å². The fraction of sp³-hybridized carbons (Fsp3) is 0.900. The lowest BCUT2D eigenvalue weighted by Crippen LogP contribution is -2.65. The summed E-state index contributed by atoms with van der Waals surface area (Å²) in [5.74, 6) is 0.288. The van der Waals surface area contributed by atoms with Gasteiger partial charge in [-0.3, -0.25) is 4.79 Å². The lowest BCUT2D eigenvalue weighted by atomic mass is 9.82. The van der Waals surface area contributed by atoms with Gasteiger partial charge in [-0.25, -0.2) is 0 Å². The van der Waals surface area contributed by atoms with E-state index in [1.165, 1.54) is 0 Å². The van der Waals surface area contributed by atoms with E-state index in [1.54, 1.807) is 11.8 Å². The summed E-state index contributed by atoms with van der Waals surface area (Å²) >= 11 is 1.62. The van der Waals surface area contributed by atoms with Gasteiger partial charge in [0.05, 0.1) is 5.25 Å². The minimum Gasteiger partial charge on any atom is -0.334 e. The first kappa shape index (κ1) is 10.9. The lowest BCUT2D eigenvalue weighted by Gasteiger charge is -2.54. The highest BCUT2D eigenvalue weighted by molar-refractivity contribution is 7.99. The Morgan fingerprint density at radius 1 is 1.62 bits per heavy atom. The number of likely N-dealkylation sites (tertiary alicyclic amines) is 1. The van der Waals surface area contributed by atoms with E-state index in [4.69, 9.17) is 0 Å². The maximum Gasteiger partial charge on any atom is 0.236 e. The third kappa shape index (κ3) is 1.85. The predicted octanol–water partition coefficient (Wildman–Crippen LogP) is 2.14. The van der Waals surface area contributed by atoms with Crippen molar-refractivity contribution in [2.24, 2.45) is 0 Å². The topological polar surface area (TPSA) is 20.3 Å². The molecule has 1 aliphatic rings. The van der Waals surface area contributed by atoms with Crippen molar-refractivity contribution >= 4 is 17.7 Å². The molecular formula is C10H19NOS. The summed E-state index contributed by atoms with van der Waals surface area (Å²) in [5, 5.41) is 0.0991. The molecule has 1 aliphatic heterocycles. The van der Waals surface area contributed by atoms with Crippen molar-refractivity contribution in [1.82, 2.24) is 4.90 Å². The summed E-state index contributed by atoms with van der Waals surface area (Å²) in [6, 6.07) is 0.428. The van der Waals surface area contributed by atoms with Crippen LogP contribution in [0.15, 0.2) is 0 Å². The third-order valence-electron chi connectivity index (χ3n) is 2.83. The molecular weight excluding hydrogens is 182 g/mol. The van der Waals surface area contributed by atoms with Gasteiger partial charge < -0.3 is 4.90 Å². The second kappa shape index (κ2) is 3.52. The minimum atomic E-state index is 0.0838. The van der Waals surface area contributed by atoms with E-state index in [9.17, 15) is 4.79 Å². The fourth-order valence-corrected chi connectivity index (χ4v) is 2.52. The fourth-order valence-electron chi connectivity index (χ4n) is 2.21. The van der Waals surface area contributed by atoms with Crippen LogP contribution in [-0.4, -0.2) is 33.9 Å². The molecule has 0 aliphatic carbocycles. The number of amides is 1. The number of nitrogens with zero attached hydrogens (tertiary/aromatic N) is 1. The van der Waals surface area contributed by atoms with Gasteiger partial charge in [0.25, 0.3) is 0 Å². The molecule has 76 valence electrons. The molecule has 0 aromatic heterocycles. The molecule has 3 heteroatoms. The van der Waals surface area contributed by atoms with Gasteiger partial charge in [-0.1, -0.05) is 0 Å². The number of thioether (sulfide) groups is 1. The molecule has 0 radical (unpaired) electrons. The van der Waals surface area contributed by atoms with Crippen LogP contribution in [0.1, 0.15) is 34.1 Å². The highest BCUT2D eigenvalue weighted by Gasteiger charge is 2.45. The highest BCUT2D eigenvalue weighted by atomic mass is 32.2. The molecule has 1 saturated heterocycles. The van der Waals surface area contributed by atoms with Crippen LogP contribution in [0.4, 0.5) is 0 Å². The van der Waals surface area contributed by atoms with Crippen LogP contribution in [0.25, 0.3) is 0 Å². The Kier molecular flexibility index (Phi) is 2.95. The van der Waals surface area contributed by atoms with Gasteiger partial charge in [0, 0.05) is 11.6 Å². The summed E-state index contributed by atoms with van der Waals surface area (Å²) in [7, 11) is 0. The van der Waals surface area contributed by atoms with Crippen LogP contribution in [0.2, 0.25) is 0 Å². The largest absolute Gasteiger partial charge is 0.334 e. The van der Waals surface area contributed by atoms with Gasteiger partial charge in [-0.15, -0.1) is 0 Å². The molecule has 0 aromatic rings. The zero-order valence-electron chi connectivity index (χ0n) is 9.13. The summed E-state index contributed by atoms with van der Waals surface area (Å²) in [6.45, 7) is 8.38. The van der Waals surface area contributed by atoms with Gasteiger partial charge in [-0.05, 0) is 40.4 Å². The molecule has 1 amide bonds. The summed E-state index contributed by atoms with van der Waals surface area (Å²) < 4.78 is 0. The normalized spacial score (nSPS) is 28.1. The SMILES string of the molecule is CSC(C)C(=O)N1C(C)CC1(C)C. The average Bonchev–Trinajstić information content (AvgIpc) is 2.00. The van der Waals surface area contributed by atoms with Crippen LogP contribution in [-0.2, 0) is 4.79 Å². The quantitative estimate of drug-likeness (QED) is 0.682. The van der Waals surface area contributed by atoms with Crippen molar-refractivity contribution in [1.29, 1.82) is 0 Å². The molecule has 2 nitrogen and oxygen atoms in total. The maximum atomic E-state index is 11.9. The highest BCUT2D eigenvalue weighted by Crippen LogP contribution is 2.37. The van der Waals surface area contributed by atoms with Gasteiger partial charge in [-0.2, -0.15) is 11.8 Å². The number of rotatable bonds is 2. The van der Waals surface area contributed by atoms with Gasteiger partial charge in [0.2, 0.25) is 5.91 Å². The van der Waals surface area contributed by atoms with Gasteiger partial charge in [0.15, 0.2) is 0 Å². The Hall–Kier alpha value is -0.180. The average molecular weight is 201 g/mol. The van der Waals surface area contributed by atoms with Crippen LogP contribution in [0, 0.1) is 0 Å². The van der Waals surface area contributed by atoms with Crippen LogP contribution >= 0.6 is 11.8 Å². The van der Waals surface area contributed by atoms with E-state index in [-0.39, 0.29) is 16.7 Å². The van der Waals surface area contributed by atoms with Crippen LogP contribution in [0.5, 0.6) is 0 Å².